The molecule has 0 bridgehead atoms. The van der Waals surface area contributed by atoms with Crippen LogP contribution in [0.2, 0.25) is 0 Å². The molecule has 0 fully saturated rings. The zero-order valence-electron chi connectivity index (χ0n) is 10.9. The Morgan fingerprint density at radius 1 is 1.56 bits per heavy atom. The summed E-state index contributed by atoms with van der Waals surface area (Å²) < 4.78 is 11.0. The highest BCUT2D eigenvalue weighted by Gasteiger charge is 2.13. The molecule has 6 heteroatoms. The van der Waals surface area contributed by atoms with Crippen LogP contribution in [-0.2, 0) is 10.8 Å². The summed E-state index contributed by atoms with van der Waals surface area (Å²) in [6.07, 6.45) is 3.99. The number of amides is 1. The number of anilines is 1. The molecule has 0 saturated carbocycles. The van der Waals surface area contributed by atoms with E-state index in [1.165, 1.54) is 0 Å². The van der Waals surface area contributed by atoms with Gasteiger partial charge in [0.2, 0.25) is 0 Å². The molecule has 0 spiro atoms. The zero-order valence-corrected chi connectivity index (χ0v) is 11.7. The van der Waals surface area contributed by atoms with Crippen molar-refractivity contribution in [1.82, 2.24) is 10.3 Å². The fraction of sp³-hybridized carbons (Fsp3) is 0.500. The van der Waals surface area contributed by atoms with Gasteiger partial charge in [0.1, 0.15) is 5.82 Å². The van der Waals surface area contributed by atoms with E-state index >= 15 is 0 Å². The van der Waals surface area contributed by atoms with Gasteiger partial charge in [-0.1, -0.05) is 0 Å². The number of rotatable bonds is 6. The van der Waals surface area contributed by atoms with Crippen molar-refractivity contribution in [1.29, 1.82) is 0 Å². The molecule has 0 aliphatic carbocycles. The summed E-state index contributed by atoms with van der Waals surface area (Å²) in [6.45, 7) is 1.90. The maximum absolute atomic E-state index is 12.0. The standard InChI is InChI=1S/C12H19N3O2S/c1-9(6-8-18(3)17)15-12(16)10-5-4-7-14-11(10)13-2/h4-5,7,9H,6,8H2,1-3H3,(H,13,14)(H,15,16). The Kier molecular flexibility index (Phi) is 5.77. The smallest absolute Gasteiger partial charge is 0.255 e. The molecular formula is C12H19N3O2S. The van der Waals surface area contributed by atoms with E-state index in [1.54, 1.807) is 31.6 Å². The second-order valence-corrected chi connectivity index (χ2v) is 5.64. The van der Waals surface area contributed by atoms with Crippen molar-refractivity contribution in [3.8, 4) is 0 Å². The minimum absolute atomic E-state index is 0.00804. The van der Waals surface area contributed by atoms with Gasteiger partial charge in [-0.15, -0.1) is 0 Å². The van der Waals surface area contributed by atoms with E-state index in [1.807, 2.05) is 6.92 Å². The Hall–Kier alpha value is -1.43. The van der Waals surface area contributed by atoms with Crippen molar-refractivity contribution in [2.45, 2.75) is 19.4 Å². The lowest BCUT2D eigenvalue weighted by Gasteiger charge is -2.14. The van der Waals surface area contributed by atoms with E-state index in [-0.39, 0.29) is 11.9 Å². The number of pyridine rings is 1. The van der Waals surface area contributed by atoms with Gasteiger partial charge in [0.05, 0.1) is 5.56 Å². The fourth-order valence-corrected chi connectivity index (χ4v) is 2.19. The number of aromatic nitrogens is 1. The maximum Gasteiger partial charge on any atom is 0.255 e. The Balaban J connectivity index is 2.62. The lowest BCUT2D eigenvalue weighted by molar-refractivity contribution is 0.0940. The highest BCUT2D eigenvalue weighted by molar-refractivity contribution is 7.84. The van der Waals surface area contributed by atoms with Crippen LogP contribution in [0.4, 0.5) is 5.82 Å². The highest BCUT2D eigenvalue weighted by Crippen LogP contribution is 2.10. The summed E-state index contributed by atoms with van der Waals surface area (Å²) >= 11 is 0. The van der Waals surface area contributed by atoms with Gasteiger partial charge in [-0.3, -0.25) is 9.00 Å². The van der Waals surface area contributed by atoms with Crippen LogP contribution in [-0.4, -0.2) is 40.2 Å². The summed E-state index contributed by atoms with van der Waals surface area (Å²) in [4.78, 5) is 16.1. The first kappa shape index (κ1) is 14.6. The maximum atomic E-state index is 12.0. The van der Waals surface area contributed by atoms with Gasteiger partial charge >= 0.3 is 0 Å². The van der Waals surface area contributed by atoms with Crippen LogP contribution >= 0.6 is 0 Å². The Labute approximate surface area is 110 Å². The molecule has 0 aliphatic rings. The van der Waals surface area contributed by atoms with Gasteiger partial charge in [0.15, 0.2) is 0 Å². The molecule has 2 atom stereocenters. The zero-order chi connectivity index (χ0) is 13.5. The van der Waals surface area contributed by atoms with E-state index in [0.717, 1.165) is 0 Å². The van der Waals surface area contributed by atoms with Crippen LogP contribution in [0.3, 0.4) is 0 Å². The number of carbonyl (C=O) groups is 1. The highest BCUT2D eigenvalue weighted by atomic mass is 32.2. The summed E-state index contributed by atoms with van der Waals surface area (Å²) in [7, 11) is 0.898. The van der Waals surface area contributed by atoms with Crippen LogP contribution in [0.25, 0.3) is 0 Å². The average Bonchev–Trinajstić information content (AvgIpc) is 2.36. The topological polar surface area (TPSA) is 71.1 Å². The second kappa shape index (κ2) is 7.10. The molecule has 1 aromatic heterocycles. The van der Waals surface area contributed by atoms with Crippen molar-refractivity contribution >= 4 is 22.5 Å². The quantitative estimate of drug-likeness (QED) is 0.808. The van der Waals surface area contributed by atoms with E-state index in [2.05, 4.69) is 15.6 Å². The molecule has 5 nitrogen and oxygen atoms in total. The first-order chi connectivity index (χ1) is 8.54. The first-order valence-electron chi connectivity index (χ1n) is 5.78. The normalized spacial score (nSPS) is 13.7. The Morgan fingerprint density at radius 3 is 2.89 bits per heavy atom. The molecule has 100 valence electrons. The molecule has 2 unspecified atom stereocenters. The molecule has 1 aromatic rings. The first-order valence-corrected chi connectivity index (χ1v) is 7.51. The SMILES string of the molecule is CNc1ncccc1C(=O)NC(C)CCS(C)=O. The van der Waals surface area contributed by atoms with Gasteiger partial charge in [-0.2, -0.15) is 0 Å². The van der Waals surface area contributed by atoms with Crippen molar-refractivity contribution in [2.75, 3.05) is 24.4 Å². The molecule has 0 aromatic carbocycles. The number of nitrogens with one attached hydrogen (secondary N) is 2. The number of hydrogen-bond donors (Lipinski definition) is 2. The molecule has 0 radical (unpaired) electrons. The molecule has 0 saturated heterocycles. The van der Waals surface area contributed by atoms with Crippen LogP contribution in [0.1, 0.15) is 23.7 Å². The third kappa shape index (κ3) is 4.44. The van der Waals surface area contributed by atoms with Gasteiger partial charge in [-0.05, 0) is 25.5 Å². The van der Waals surface area contributed by atoms with E-state index < -0.39 is 10.8 Å². The van der Waals surface area contributed by atoms with Gasteiger partial charge < -0.3 is 10.6 Å². The van der Waals surface area contributed by atoms with E-state index in [4.69, 9.17) is 0 Å². The summed E-state index contributed by atoms with van der Waals surface area (Å²) in [5, 5.41) is 5.75. The van der Waals surface area contributed by atoms with E-state index in [0.29, 0.717) is 23.6 Å². The van der Waals surface area contributed by atoms with Crippen LogP contribution in [0, 0.1) is 0 Å². The second-order valence-electron chi connectivity index (χ2n) is 4.09. The summed E-state index contributed by atoms with van der Waals surface area (Å²) in [6, 6.07) is 3.44. The predicted octanol–water partition coefficient (Wildman–Crippen LogP) is 1.01. The number of hydrogen-bond acceptors (Lipinski definition) is 4. The average molecular weight is 269 g/mol. The van der Waals surface area contributed by atoms with Crippen LogP contribution in [0.5, 0.6) is 0 Å². The van der Waals surface area contributed by atoms with Crippen molar-refractivity contribution in [3.05, 3.63) is 23.9 Å². The third-order valence-electron chi connectivity index (χ3n) is 2.50. The monoisotopic (exact) mass is 269 g/mol. The van der Waals surface area contributed by atoms with Gasteiger partial charge in [0.25, 0.3) is 5.91 Å². The van der Waals surface area contributed by atoms with Crippen LogP contribution in [0.15, 0.2) is 18.3 Å². The van der Waals surface area contributed by atoms with Crippen LogP contribution < -0.4 is 10.6 Å². The molecule has 18 heavy (non-hydrogen) atoms. The molecule has 1 amide bonds. The molecule has 0 aliphatic heterocycles. The molecular weight excluding hydrogens is 250 g/mol. The Bertz CT molecular complexity index is 437. The summed E-state index contributed by atoms with van der Waals surface area (Å²) in [5.41, 5.74) is 0.518. The van der Waals surface area contributed by atoms with Gasteiger partial charge in [0, 0.05) is 42.1 Å². The largest absolute Gasteiger partial charge is 0.372 e. The molecule has 2 N–H and O–H groups in total. The number of carbonyl (C=O) groups excluding carboxylic acids is 1. The van der Waals surface area contributed by atoms with Crippen molar-refractivity contribution < 1.29 is 9.00 Å². The molecule has 1 rings (SSSR count). The van der Waals surface area contributed by atoms with Crippen molar-refractivity contribution in [2.24, 2.45) is 0 Å². The lowest BCUT2D eigenvalue weighted by Crippen LogP contribution is -2.34. The summed E-state index contributed by atoms with van der Waals surface area (Å²) in [5.74, 6) is 0.982. The Morgan fingerprint density at radius 2 is 2.28 bits per heavy atom. The number of nitrogens with zero attached hydrogens (tertiary/aromatic N) is 1. The van der Waals surface area contributed by atoms with Gasteiger partial charge in [-0.25, -0.2) is 4.98 Å². The minimum atomic E-state index is -0.827. The van der Waals surface area contributed by atoms with E-state index in [9.17, 15) is 9.00 Å². The minimum Gasteiger partial charge on any atom is -0.372 e. The lowest BCUT2D eigenvalue weighted by atomic mass is 10.2. The fourth-order valence-electron chi connectivity index (χ4n) is 1.50. The van der Waals surface area contributed by atoms with Crippen molar-refractivity contribution in [3.63, 3.8) is 0 Å². The molecule has 1 heterocycles. The predicted molar refractivity (Wildman–Crippen MR) is 74.3 cm³/mol. The third-order valence-corrected chi connectivity index (χ3v) is 3.32.